The third-order valence-electron chi connectivity index (χ3n) is 4.83. The van der Waals surface area contributed by atoms with E-state index in [1.54, 1.807) is 48.5 Å². The van der Waals surface area contributed by atoms with Gasteiger partial charge < -0.3 is 19.7 Å². The molecule has 2 N–H and O–H groups in total. The molecule has 0 fully saturated rings. The second-order valence-electron chi connectivity index (χ2n) is 6.84. The topological polar surface area (TPSA) is 137 Å². The van der Waals surface area contributed by atoms with Crippen molar-refractivity contribution in [3.8, 4) is 5.75 Å². The Morgan fingerprint density at radius 2 is 2.06 bits per heavy atom. The molecule has 0 aliphatic carbocycles. The van der Waals surface area contributed by atoms with E-state index < -0.39 is 17.6 Å². The Labute approximate surface area is 178 Å². The average Bonchev–Trinajstić information content (AvgIpc) is 3.16. The molecular weight excluding hydrogens is 400 g/mol. The number of azide groups is 1. The third kappa shape index (κ3) is 4.53. The minimum Gasteiger partial charge on any atom is -0.494 e. The van der Waals surface area contributed by atoms with Gasteiger partial charge in [-0.05, 0) is 29.8 Å². The van der Waals surface area contributed by atoms with Crippen molar-refractivity contribution in [2.45, 2.75) is 24.5 Å². The molecule has 2 aromatic carbocycles. The van der Waals surface area contributed by atoms with Crippen LogP contribution >= 0.6 is 0 Å². The molecule has 0 spiro atoms. The highest BCUT2D eigenvalue weighted by Crippen LogP contribution is 2.45. The lowest BCUT2D eigenvalue weighted by Crippen LogP contribution is -2.40. The molecule has 1 heterocycles. The fraction of sp³-hybridized carbons (Fsp3) is 0.273. The number of carboxylic acids is 1. The molecule has 0 bridgehead atoms. The Hall–Kier alpha value is -3.81. The number of carboxylic acid groups (broad SMARTS) is 1. The number of carbonyl (C=O) groups is 1. The smallest absolute Gasteiger partial charge is 0.336 e. The van der Waals surface area contributed by atoms with E-state index in [2.05, 4.69) is 21.6 Å². The number of rotatable bonds is 10. The SMILES string of the molecule is C=CC[C@@]1(C(=O)O)N=C(c2ccc(OCCCO)cc2)O[C@@H]1c1ccccc1N=[N+]=[N-]. The van der Waals surface area contributed by atoms with Crippen molar-refractivity contribution >= 4 is 17.6 Å². The van der Waals surface area contributed by atoms with Crippen LogP contribution in [0.5, 0.6) is 5.75 Å². The number of aliphatic carboxylic acids is 1. The highest BCUT2D eigenvalue weighted by atomic mass is 16.5. The largest absolute Gasteiger partial charge is 0.494 e. The number of aliphatic hydroxyl groups is 1. The lowest BCUT2D eigenvalue weighted by atomic mass is 9.85. The maximum Gasteiger partial charge on any atom is 0.336 e. The Bertz CT molecular complexity index is 1030. The first-order chi connectivity index (χ1) is 15.1. The summed E-state index contributed by atoms with van der Waals surface area (Å²) in [5.74, 6) is -0.407. The van der Waals surface area contributed by atoms with E-state index in [-0.39, 0.29) is 24.6 Å². The van der Waals surface area contributed by atoms with Crippen LogP contribution in [0.4, 0.5) is 5.69 Å². The van der Waals surface area contributed by atoms with Crippen LogP contribution in [0.25, 0.3) is 10.4 Å². The summed E-state index contributed by atoms with van der Waals surface area (Å²) in [7, 11) is 0. The Balaban J connectivity index is 2.00. The zero-order valence-corrected chi connectivity index (χ0v) is 16.7. The number of benzene rings is 2. The van der Waals surface area contributed by atoms with E-state index in [1.165, 1.54) is 6.08 Å². The van der Waals surface area contributed by atoms with Gasteiger partial charge in [-0.15, -0.1) is 6.58 Å². The van der Waals surface area contributed by atoms with E-state index in [9.17, 15) is 9.90 Å². The van der Waals surface area contributed by atoms with Gasteiger partial charge in [0.15, 0.2) is 6.10 Å². The van der Waals surface area contributed by atoms with Crippen molar-refractivity contribution < 1.29 is 24.5 Å². The highest BCUT2D eigenvalue weighted by molar-refractivity contribution is 5.99. The number of aliphatic hydroxyl groups excluding tert-OH is 1. The van der Waals surface area contributed by atoms with Gasteiger partial charge in [-0.25, -0.2) is 9.79 Å². The van der Waals surface area contributed by atoms with Crippen molar-refractivity contribution in [3.63, 3.8) is 0 Å². The second-order valence-corrected chi connectivity index (χ2v) is 6.84. The van der Waals surface area contributed by atoms with E-state index in [4.69, 9.17) is 20.1 Å². The fourth-order valence-corrected chi connectivity index (χ4v) is 3.35. The zero-order valence-electron chi connectivity index (χ0n) is 16.7. The predicted octanol–water partition coefficient (Wildman–Crippen LogP) is 4.31. The van der Waals surface area contributed by atoms with Gasteiger partial charge >= 0.3 is 5.97 Å². The number of ether oxygens (including phenoxy) is 2. The van der Waals surface area contributed by atoms with Crippen LogP contribution in [0.3, 0.4) is 0 Å². The quantitative estimate of drug-likeness (QED) is 0.193. The Morgan fingerprint density at radius 1 is 1.32 bits per heavy atom. The molecule has 1 aliphatic rings. The van der Waals surface area contributed by atoms with Crippen molar-refractivity contribution in [1.29, 1.82) is 0 Å². The lowest BCUT2D eigenvalue weighted by molar-refractivity contribution is -0.146. The minimum atomic E-state index is -1.66. The Kier molecular flexibility index (Phi) is 6.92. The molecule has 9 heteroatoms. The monoisotopic (exact) mass is 422 g/mol. The van der Waals surface area contributed by atoms with E-state index in [0.29, 0.717) is 29.9 Å². The van der Waals surface area contributed by atoms with Crippen LogP contribution in [-0.2, 0) is 9.53 Å². The van der Waals surface area contributed by atoms with E-state index in [1.807, 2.05) is 0 Å². The Morgan fingerprint density at radius 3 is 2.71 bits per heavy atom. The molecule has 0 radical (unpaired) electrons. The molecular formula is C22H22N4O5. The molecule has 0 amide bonds. The molecule has 31 heavy (non-hydrogen) atoms. The van der Waals surface area contributed by atoms with Crippen LogP contribution < -0.4 is 4.74 Å². The second kappa shape index (κ2) is 9.80. The summed E-state index contributed by atoms with van der Waals surface area (Å²) in [6.45, 7) is 4.10. The molecule has 0 unspecified atom stereocenters. The summed E-state index contributed by atoms with van der Waals surface area (Å²) >= 11 is 0. The van der Waals surface area contributed by atoms with E-state index in [0.717, 1.165) is 0 Å². The first-order valence-electron chi connectivity index (χ1n) is 9.64. The highest BCUT2D eigenvalue weighted by Gasteiger charge is 2.53. The first-order valence-corrected chi connectivity index (χ1v) is 9.64. The van der Waals surface area contributed by atoms with Crippen LogP contribution in [0, 0.1) is 0 Å². The normalized spacial score (nSPS) is 19.6. The van der Waals surface area contributed by atoms with Crippen LogP contribution in [-0.4, -0.2) is 40.8 Å². The standard InChI is InChI=1S/C22H22N4O5/c1-2-12-22(21(28)29)19(17-6-3-4-7-18(17)25-26-23)31-20(24-22)15-8-10-16(11-9-15)30-14-5-13-27/h2-4,6-11,19,27H,1,5,12-14H2,(H,28,29)/t19-,22-/m1/s1. The third-order valence-corrected chi connectivity index (χ3v) is 4.83. The molecule has 0 aromatic heterocycles. The van der Waals surface area contributed by atoms with Gasteiger partial charge in [-0.1, -0.05) is 35.5 Å². The van der Waals surface area contributed by atoms with E-state index >= 15 is 0 Å². The molecule has 0 saturated heterocycles. The van der Waals surface area contributed by atoms with Gasteiger partial charge in [0.2, 0.25) is 11.4 Å². The number of aliphatic imine (C=N–C) groups is 1. The first kappa shape index (κ1) is 21.9. The number of hydrogen-bond donors (Lipinski definition) is 2. The van der Waals surface area contributed by atoms with Gasteiger partial charge in [0, 0.05) is 41.2 Å². The summed E-state index contributed by atoms with van der Waals surface area (Å²) in [5, 5.41) is 22.6. The van der Waals surface area contributed by atoms with Crippen molar-refractivity contribution in [2.75, 3.05) is 13.2 Å². The van der Waals surface area contributed by atoms with Crippen LogP contribution in [0.2, 0.25) is 0 Å². The summed E-state index contributed by atoms with van der Waals surface area (Å²) in [6.07, 6.45) is 1.00. The molecule has 1 aliphatic heterocycles. The van der Waals surface area contributed by atoms with Crippen LogP contribution in [0.15, 0.2) is 71.3 Å². The molecule has 2 atom stereocenters. The van der Waals surface area contributed by atoms with Crippen molar-refractivity contribution in [1.82, 2.24) is 0 Å². The minimum absolute atomic E-state index is 0.0173. The van der Waals surface area contributed by atoms with Crippen LogP contribution in [0.1, 0.15) is 30.1 Å². The summed E-state index contributed by atoms with van der Waals surface area (Å²) in [4.78, 5) is 19.7. The maximum absolute atomic E-state index is 12.4. The van der Waals surface area contributed by atoms with Gasteiger partial charge in [0.1, 0.15) is 5.75 Å². The predicted molar refractivity (Wildman–Crippen MR) is 114 cm³/mol. The zero-order chi connectivity index (χ0) is 22.3. The van der Waals surface area contributed by atoms with Gasteiger partial charge in [0.05, 0.1) is 6.61 Å². The van der Waals surface area contributed by atoms with Crippen molar-refractivity contribution in [2.24, 2.45) is 10.1 Å². The lowest BCUT2D eigenvalue weighted by Gasteiger charge is -2.27. The van der Waals surface area contributed by atoms with Gasteiger partial charge in [-0.3, -0.25) is 0 Å². The summed E-state index contributed by atoms with van der Waals surface area (Å²) in [5.41, 5.74) is 8.51. The summed E-state index contributed by atoms with van der Waals surface area (Å²) < 4.78 is 11.6. The molecule has 3 rings (SSSR count). The fourth-order valence-electron chi connectivity index (χ4n) is 3.35. The molecule has 2 aromatic rings. The molecule has 0 saturated carbocycles. The average molecular weight is 422 g/mol. The number of hydrogen-bond acceptors (Lipinski definition) is 6. The van der Waals surface area contributed by atoms with Gasteiger partial charge in [0.25, 0.3) is 0 Å². The van der Waals surface area contributed by atoms with Crippen molar-refractivity contribution in [3.05, 3.63) is 82.8 Å². The summed E-state index contributed by atoms with van der Waals surface area (Å²) in [6, 6.07) is 13.5. The molecule has 9 nitrogen and oxygen atoms in total. The molecule has 160 valence electrons. The maximum atomic E-state index is 12.4. The number of nitrogens with zero attached hydrogens (tertiary/aromatic N) is 4. The van der Waals surface area contributed by atoms with Gasteiger partial charge in [-0.2, -0.15) is 0 Å².